The van der Waals surface area contributed by atoms with E-state index in [1.165, 1.54) is 0 Å². The van der Waals surface area contributed by atoms with Gasteiger partial charge in [-0.25, -0.2) is 0 Å². The predicted octanol–water partition coefficient (Wildman–Crippen LogP) is 0.170. The minimum atomic E-state index is 0.120. The largest absolute Gasteiger partial charge is 0.358 e. The molecule has 12 heavy (non-hydrogen) atoms. The maximum absolute atomic E-state index is 11.0. The van der Waals surface area contributed by atoms with Gasteiger partial charge in [-0.1, -0.05) is 6.92 Å². The van der Waals surface area contributed by atoms with Crippen molar-refractivity contribution in [1.29, 1.82) is 0 Å². The Balaban J connectivity index is 2.27. The molecular formula is C8H16N2OS. The first-order valence-electron chi connectivity index (χ1n) is 4.27. The zero-order valence-corrected chi connectivity index (χ0v) is 8.49. The second-order valence-electron chi connectivity index (χ2n) is 3.09. The van der Waals surface area contributed by atoms with Crippen LogP contribution in [-0.4, -0.2) is 48.5 Å². The third-order valence-corrected chi connectivity index (χ3v) is 3.11. The number of hydrogen-bond acceptors (Lipinski definition) is 3. The highest BCUT2D eigenvalue weighted by Gasteiger charge is 2.17. The van der Waals surface area contributed by atoms with Crippen molar-refractivity contribution in [3.05, 3.63) is 0 Å². The second kappa shape index (κ2) is 4.72. The number of nitrogens with one attached hydrogen (secondary N) is 1. The smallest absolute Gasteiger partial charge is 0.233 e. The minimum Gasteiger partial charge on any atom is -0.358 e. The Hall–Kier alpha value is -0.220. The number of rotatable bonds is 2. The summed E-state index contributed by atoms with van der Waals surface area (Å²) >= 11 is 1.98. The molecule has 1 rings (SSSR count). The fourth-order valence-electron chi connectivity index (χ4n) is 1.32. The summed E-state index contributed by atoms with van der Waals surface area (Å²) in [6.45, 7) is 4.85. The first kappa shape index (κ1) is 9.86. The molecule has 0 saturated carbocycles. The van der Waals surface area contributed by atoms with Crippen LogP contribution in [0.4, 0.5) is 0 Å². The van der Waals surface area contributed by atoms with Crippen LogP contribution < -0.4 is 5.32 Å². The number of nitrogens with zero attached hydrogens (tertiary/aromatic N) is 1. The number of carbonyl (C=O) groups is 1. The van der Waals surface area contributed by atoms with Crippen LogP contribution in [0.1, 0.15) is 6.92 Å². The van der Waals surface area contributed by atoms with Crippen molar-refractivity contribution in [1.82, 2.24) is 10.2 Å². The molecule has 4 heteroatoms. The van der Waals surface area contributed by atoms with E-state index in [1.54, 1.807) is 7.05 Å². The monoisotopic (exact) mass is 188 g/mol. The molecule has 1 aliphatic rings. The first-order valence-corrected chi connectivity index (χ1v) is 5.32. The Bertz CT molecular complexity index is 163. The Kier molecular flexibility index (Phi) is 3.88. The van der Waals surface area contributed by atoms with Gasteiger partial charge in [-0.2, -0.15) is 11.8 Å². The van der Waals surface area contributed by atoms with Gasteiger partial charge in [0.1, 0.15) is 0 Å². The van der Waals surface area contributed by atoms with Crippen molar-refractivity contribution >= 4 is 17.7 Å². The molecule has 1 N–H and O–H groups in total. The zero-order valence-electron chi connectivity index (χ0n) is 7.67. The van der Waals surface area contributed by atoms with Crippen molar-refractivity contribution in [3.8, 4) is 0 Å². The summed E-state index contributed by atoms with van der Waals surface area (Å²) in [5.41, 5.74) is 0. The van der Waals surface area contributed by atoms with Gasteiger partial charge in [0.25, 0.3) is 0 Å². The lowest BCUT2D eigenvalue weighted by molar-refractivity contribution is -0.121. The molecule has 0 spiro atoms. The Morgan fingerprint density at radius 2 is 2.50 bits per heavy atom. The van der Waals surface area contributed by atoms with Gasteiger partial charge >= 0.3 is 0 Å². The molecule has 1 heterocycles. The average Bonchev–Trinajstić information content (AvgIpc) is 2.04. The average molecular weight is 188 g/mol. The molecule has 0 aromatic rings. The lowest BCUT2D eigenvalue weighted by atomic mass is 10.3. The summed E-state index contributed by atoms with van der Waals surface area (Å²) in [6.07, 6.45) is 0. The minimum absolute atomic E-state index is 0.120. The molecule has 1 unspecified atom stereocenters. The highest BCUT2D eigenvalue weighted by atomic mass is 32.2. The number of carbonyl (C=O) groups excluding carboxylic acids is 1. The molecule has 3 nitrogen and oxygen atoms in total. The SMILES string of the molecule is CNC(=O)CN1CCSC(C)C1. The van der Waals surface area contributed by atoms with Gasteiger partial charge < -0.3 is 5.32 Å². The lowest BCUT2D eigenvalue weighted by Gasteiger charge is -2.29. The van der Waals surface area contributed by atoms with Gasteiger partial charge in [0.05, 0.1) is 6.54 Å². The van der Waals surface area contributed by atoms with Gasteiger partial charge in [-0.15, -0.1) is 0 Å². The third-order valence-electron chi connectivity index (χ3n) is 1.97. The molecule has 1 aliphatic heterocycles. The quantitative estimate of drug-likeness (QED) is 0.670. The van der Waals surface area contributed by atoms with Gasteiger partial charge in [-0.05, 0) is 0 Å². The number of thioether (sulfide) groups is 1. The standard InChI is InChI=1S/C8H16N2OS/c1-7-5-10(3-4-12-7)6-8(11)9-2/h7H,3-6H2,1-2H3,(H,9,11). The van der Waals surface area contributed by atoms with E-state index in [0.717, 1.165) is 18.8 Å². The second-order valence-corrected chi connectivity index (χ2v) is 4.64. The van der Waals surface area contributed by atoms with E-state index in [-0.39, 0.29) is 5.91 Å². The van der Waals surface area contributed by atoms with Crippen molar-refractivity contribution in [2.75, 3.05) is 32.4 Å². The maximum Gasteiger partial charge on any atom is 0.233 e. The van der Waals surface area contributed by atoms with Crippen LogP contribution in [0, 0.1) is 0 Å². The highest BCUT2D eigenvalue weighted by Crippen LogP contribution is 2.16. The van der Waals surface area contributed by atoms with E-state index >= 15 is 0 Å². The van der Waals surface area contributed by atoms with Crippen LogP contribution in [0.5, 0.6) is 0 Å². The lowest BCUT2D eigenvalue weighted by Crippen LogP contribution is -2.42. The van der Waals surface area contributed by atoms with Gasteiger partial charge in [0.2, 0.25) is 5.91 Å². The molecule has 1 atom stereocenters. The van der Waals surface area contributed by atoms with Crippen molar-refractivity contribution < 1.29 is 4.79 Å². The fraction of sp³-hybridized carbons (Fsp3) is 0.875. The molecule has 0 bridgehead atoms. The van der Waals surface area contributed by atoms with Crippen LogP contribution >= 0.6 is 11.8 Å². The molecule has 0 aromatic heterocycles. The van der Waals surface area contributed by atoms with Gasteiger partial charge in [0, 0.05) is 31.1 Å². The van der Waals surface area contributed by atoms with E-state index < -0.39 is 0 Å². The Labute approximate surface area is 77.9 Å². The van der Waals surface area contributed by atoms with Crippen LogP contribution in [-0.2, 0) is 4.79 Å². The van der Waals surface area contributed by atoms with E-state index in [4.69, 9.17) is 0 Å². The van der Waals surface area contributed by atoms with Crippen molar-refractivity contribution in [2.45, 2.75) is 12.2 Å². The Morgan fingerprint density at radius 1 is 1.75 bits per heavy atom. The molecule has 70 valence electrons. The number of hydrogen-bond donors (Lipinski definition) is 1. The van der Waals surface area contributed by atoms with Crippen LogP contribution in [0.3, 0.4) is 0 Å². The van der Waals surface area contributed by atoms with Gasteiger partial charge in [-0.3, -0.25) is 9.69 Å². The van der Waals surface area contributed by atoms with Crippen molar-refractivity contribution in [3.63, 3.8) is 0 Å². The molecule has 0 aromatic carbocycles. The molecule has 0 radical (unpaired) electrons. The topological polar surface area (TPSA) is 32.3 Å². The van der Waals surface area contributed by atoms with Crippen LogP contribution in [0.25, 0.3) is 0 Å². The summed E-state index contributed by atoms with van der Waals surface area (Å²) < 4.78 is 0. The van der Waals surface area contributed by atoms with E-state index in [2.05, 4.69) is 17.1 Å². The fourth-order valence-corrected chi connectivity index (χ4v) is 2.40. The van der Waals surface area contributed by atoms with E-state index in [0.29, 0.717) is 11.8 Å². The molecule has 0 aliphatic carbocycles. The summed E-state index contributed by atoms with van der Waals surface area (Å²) in [4.78, 5) is 13.2. The van der Waals surface area contributed by atoms with Crippen LogP contribution in [0.15, 0.2) is 0 Å². The molecular weight excluding hydrogens is 172 g/mol. The summed E-state index contributed by atoms with van der Waals surface area (Å²) in [5, 5.41) is 3.31. The summed E-state index contributed by atoms with van der Waals surface area (Å²) in [7, 11) is 1.68. The number of amides is 1. The summed E-state index contributed by atoms with van der Waals surface area (Å²) in [5.74, 6) is 1.27. The first-order chi connectivity index (χ1) is 5.72. The van der Waals surface area contributed by atoms with E-state index in [9.17, 15) is 4.79 Å². The van der Waals surface area contributed by atoms with Gasteiger partial charge in [0.15, 0.2) is 0 Å². The molecule has 1 amide bonds. The highest BCUT2D eigenvalue weighted by molar-refractivity contribution is 7.99. The normalized spacial score (nSPS) is 25.3. The molecule has 1 saturated heterocycles. The zero-order chi connectivity index (χ0) is 8.97. The maximum atomic E-state index is 11.0. The summed E-state index contributed by atoms with van der Waals surface area (Å²) in [6, 6.07) is 0. The van der Waals surface area contributed by atoms with Crippen LogP contribution in [0.2, 0.25) is 0 Å². The Morgan fingerprint density at radius 3 is 3.08 bits per heavy atom. The third kappa shape index (κ3) is 3.03. The predicted molar refractivity (Wildman–Crippen MR) is 52.4 cm³/mol. The number of likely N-dealkylation sites (N-methyl/N-ethyl adjacent to an activating group) is 1. The molecule has 1 fully saturated rings. The van der Waals surface area contributed by atoms with E-state index in [1.807, 2.05) is 11.8 Å². The van der Waals surface area contributed by atoms with Crippen molar-refractivity contribution in [2.24, 2.45) is 0 Å².